The Morgan fingerprint density at radius 2 is 1.89 bits per heavy atom. The highest BCUT2D eigenvalue weighted by molar-refractivity contribution is 5.77. The van der Waals surface area contributed by atoms with Crippen LogP contribution < -0.4 is 11.1 Å². The molecule has 0 saturated heterocycles. The Balaban J connectivity index is 2.18. The molecule has 2 unspecified atom stereocenters. The van der Waals surface area contributed by atoms with Crippen molar-refractivity contribution >= 4 is 5.91 Å². The number of hydrogen-bond acceptors (Lipinski definition) is 3. The van der Waals surface area contributed by atoms with Gasteiger partial charge in [0.1, 0.15) is 13.2 Å². The lowest BCUT2D eigenvalue weighted by Crippen LogP contribution is -2.38. The molecular weight excluding hydrogens is 261 g/mol. The zero-order valence-electron chi connectivity index (χ0n) is 10.8. The van der Waals surface area contributed by atoms with Crippen LogP contribution in [0.15, 0.2) is 0 Å². The van der Waals surface area contributed by atoms with E-state index in [1.807, 2.05) is 0 Å². The summed E-state index contributed by atoms with van der Waals surface area (Å²) in [5.74, 6) is 0.209. The largest absolute Gasteiger partial charge is 0.411 e. The van der Waals surface area contributed by atoms with Crippen LogP contribution in [-0.2, 0) is 9.53 Å². The molecule has 0 aromatic heterocycles. The summed E-state index contributed by atoms with van der Waals surface area (Å²) in [5, 5.41) is 2.62. The Morgan fingerprint density at radius 1 is 1.26 bits per heavy atom. The first-order valence-corrected chi connectivity index (χ1v) is 6.53. The summed E-state index contributed by atoms with van der Waals surface area (Å²) in [6.45, 7) is -0.893. The molecule has 1 fully saturated rings. The summed E-state index contributed by atoms with van der Waals surface area (Å²) < 4.78 is 39.7. The van der Waals surface area contributed by atoms with Gasteiger partial charge in [0.25, 0.3) is 0 Å². The van der Waals surface area contributed by atoms with Crippen LogP contribution in [0.3, 0.4) is 0 Å². The van der Waals surface area contributed by atoms with Crippen LogP contribution in [0, 0.1) is 11.8 Å². The molecule has 0 aromatic rings. The molecule has 0 heterocycles. The summed E-state index contributed by atoms with van der Waals surface area (Å²) in [6, 6.07) is 0. The maximum absolute atomic E-state index is 11.8. The van der Waals surface area contributed by atoms with E-state index in [0.29, 0.717) is 24.9 Å². The topological polar surface area (TPSA) is 64.3 Å². The number of halogens is 3. The normalized spacial score (nSPS) is 24.2. The zero-order chi connectivity index (χ0) is 14.3. The van der Waals surface area contributed by atoms with Gasteiger partial charge in [0.15, 0.2) is 0 Å². The second kappa shape index (κ2) is 7.69. The van der Waals surface area contributed by atoms with Gasteiger partial charge in [-0.2, -0.15) is 13.2 Å². The minimum absolute atomic E-state index is 0.324. The average Bonchev–Trinajstić information content (AvgIpc) is 2.35. The first-order chi connectivity index (χ1) is 8.92. The molecule has 4 nitrogen and oxygen atoms in total. The molecule has 0 bridgehead atoms. The number of nitrogens with one attached hydrogen (secondary N) is 1. The van der Waals surface area contributed by atoms with Crippen LogP contribution in [0.25, 0.3) is 0 Å². The van der Waals surface area contributed by atoms with E-state index in [2.05, 4.69) is 10.1 Å². The van der Waals surface area contributed by atoms with E-state index in [-0.39, 0.29) is 0 Å². The maximum Gasteiger partial charge on any atom is 0.411 e. The van der Waals surface area contributed by atoms with Crippen LogP contribution in [-0.4, -0.2) is 38.4 Å². The molecular formula is C12H21F3N2O2. The Bertz CT molecular complexity index is 285. The van der Waals surface area contributed by atoms with Gasteiger partial charge in [0.2, 0.25) is 5.91 Å². The summed E-state index contributed by atoms with van der Waals surface area (Å²) in [4.78, 5) is 11.3. The lowest BCUT2D eigenvalue weighted by Gasteiger charge is -2.30. The summed E-state index contributed by atoms with van der Waals surface area (Å²) in [7, 11) is 0. The van der Waals surface area contributed by atoms with Crippen molar-refractivity contribution in [2.24, 2.45) is 17.6 Å². The summed E-state index contributed by atoms with van der Waals surface area (Å²) >= 11 is 0. The molecule has 1 rings (SSSR count). The van der Waals surface area contributed by atoms with Crippen molar-refractivity contribution in [2.75, 3.05) is 26.3 Å². The van der Waals surface area contributed by atoms with Gasteiger partial charge in [-0.15, -0.1) is 0 Å². The molecule has 7 heteroatoms. The third-order valence-corrected chi connectivity index (χ3v) is 3.43. The second-order valence-corrected chi connectivity index (χ2v) is 4.95. The molecule has 112 valence electrons. The van der Waals surface area contributed by atoms with Crippen molar-refractivity contribution in [3.63, 3.8) is 0 Å². The molecule has 1 amide bonds. The number of carbonyl (C=O) groups excluding carboxylic acids is 1. The van der Waals surface area contributed by atoms with Crippen molar-refractivity contribution in [3.05, 3.63) is 0 Å². The van der Waals surface area contributed by atoms with Gasteiger partial charge in [-0.1, -0.05) is 12.8 Å². The predicted octanol–water partition coefficient (Wildman–Crippen LogP) is 1.45. The number of rotatable bonds is 6. The van der Waals surface area contributed by atoms with Crippen LogP contribution in [0.4, 0.5) is 13.2 Å². The van der Waals surface area contributed by atoms with E-state index in [0.717, 1.165) is 25.7 Å². The Hall–Kier alpha value is -0.820. The van der Waals surface area contributed by atoms with E-state index >= 15 is 0 Å². The van der Waals surface area contributed by atoms with Crippen LogP contribution >= 0.6 is 0 Å². The summed E-state index contributed by atoms with van der Waals surface area (Å²) in [6.07, 6.45) is -0.0654. The predicted molar refractivity (Wildman–Crippen MR) is 64.4 cm³/mol. The van der Waals surface area contributed by atoms with E-state index in [4.69, 9.17) is 5.73 Å². The molecule has 1 aliphatic carbocycles. The fourth-order valence-electron chi connectivity index (χ4n) is 2.42. The first-order valence-electron chi connectivity index (χ1n) is 6.53. The fraction of sp³-hybridized carbons (Fsp3) is 0.917. The zero-order valence-corrected chi connectivity index (χ0v) is 10.8. The lowest BCUT2D eigenvalue weighted by atomic mass is 9.79. The highest BCUT2D eigenvalue weighted by atomic mass is 19.4. The Labute approximate surface area is 110 Å². The van der Waals surface area contributed by atoms with E-state index in [1.165, 1.54) is 0 Å². The molecule has 0 spiro atoms. The van der Waals surface area contributed by atoms with Gasteiger partial charge in [-0.05, 0) is 31.2 Å². The van der Waals surface area contributed by atoms with Crippen LogP contribution in [0.5, 0.6) is 0 Å². The van der Waals surface area contributed by atoms with E-state index in [9.17, 15) is 18.0 Å². The number of amides is 1. The monoisotopic (exact) mass is 282 g/mol. The molecule has 2 atom stereocenters. The van der Waals surface area contributed by atoms with Crippen LogP contribution in [0.1, 0.15) is 25.7 Å². The minimum atomic E-state index is -4.39. The van der Waals surface area contributed by atoms with Crippen molar-refractivity contribution in [1.29, 1.82) is 0 Å². The number of hydrogen-bond donors (Lipinski definition) is 2. The number of ether oxygens (including phenoxy) is 1. The SMILES string of the molecule is NCC1CCCCC1CNC(=O)COCC(F)(F)F. The molecule has 1 aliphatic rings. The standard InChI is InChI=1S/C12H21F3N2O2/c13-12(14,15)8-19-7-11(18)17-6-10-4-2-1-3-9(10)5-16/h9-10H,1-8,16H2,(H,17,18). The quantitative estimate of drug-likeness (QED) is 0.775. The van der Waals surface area contributed by atoms with Crippen molar-refractivity contribution < 1.29 is 22.7 Å². The Kier molecular flexibility index (Phi) is 6.57. The van der Waals surface area contributed by atoms with E-state index in [1.54, 1.807) is 0 Å². The third kappa shape index (κ3) is 6.77. The van der Waals surface area contributed by atoms with Crippen molar-refractivity contribution in [2.45, 2.75) is 31.9 Å². The number of alkyl halides is 3. The smallest absolute Gasteiger partial charge is 0.362 e. The second-order valence-electron chi connectivity index (χ2n) is 4.95. The molecule has 1 saturated carbocycles. The first kappa shape index (κ1) is 16.2. The van der Waals surface area contributed by atoms with Gasteiger partial charge in [-0.3, -0.25) is 4.79 Å². The van der Waals surface area contributed by atoms with Gasteiger partial charge in [-0.25, -0.2) is 0 Å². The van der Waals surface area contributed by atoms with Crippen LogP contribution in [0.2, 0.25) is 0 Å². The molecule has 0 radical (unpaired) electrons. The van der Waals surface area contributed by atoms with Gasteiger partial charge < -0.3 is 15.8 Å². The van der Waals surface area contributed by atoms with Gasteiger partial charge >= 0.3 is 6.18 Å². The maximum atomic E-state index is 11.8. The average molecular weight is 282 g/mol. The molecule has 0 aromatic carbocycles. The van der Waals surface area contributed by atoms with Gasteiger partial charge in [0, 0.05) is 6.54 Å². The molecule has 0 aliphatic heterocycles. The molecule has 3 N–H and O–H groups in total. The summed E-state index contributed by atoms with van der Waals surface area (Å²) in [5.41, 5.74) is 5.67. The van der Waals surface area contributed by atoms with Crippen molar-refractivity contribution in [1.82, 2.24) is 5.32 Å². The number of nitrogens with two attached hydrogens (primary N) is 1. The minimum Gasteiger partial charge on any atom is -0.362 e. The Morgan fingerprint density at radius 3 is 2.47 bits per heavy atom. The lowest BCUT2D eigenvalue weighted by molar-refractivity contribution is -0.175. The third-order valence-electron chi connectivity index (χ3n) is 3.43. The van der Waals surface area contributed by atoms with Crippen molar-refractivity contribution in [3.8, 4) is 0 Å². The highest BCUT2D eigenvalue weighted by Crippen LogP contribution is 2.28. The highest BCUT2D eigenvalue weighted by Gasteiger charge is 2.28. The number of carbonyl (C=O) groups is 1. The molecule has 19 heavy (non-hydrogen) atoms. The van der Waals surface area contributed by atoms with E-state index < -0.39 is 25.3 Å². The van der Waals surface area contributed by atoms with Gasteiger partial charge in [0.05, 0.1) is 0 Å². The fourth-order valence-corrected chi connectivity index (χ4v) is 2.42.